The predicted octanol–water partition coefficient (Wildman–Crippen LogP) is 3.73. The summed E-state index contributed by atoms with van der Waals surface area (Å²) in [4.78, 5) is 5.41. The number of nitrogens with zero attached hydrogens (tertiary/aromatic N) is 4. The summed E-state index contributed by atoms with van der Waals surface area (Å²) in [5.74, 6) is 0.848. The van der Waals surface area contributed by atoms with Crippen LogP contribution in [0.2, 0.25) is 0 Å². The van der Waals surface area contributed by atoms with E-state index >= 15 is 0 Å². The van der Waals surface area contributed by atoms with Crippen LogP contribution < -0.4 is 10.1 Å². The number of aryl methyl sites for hydroxylation is 1. The second-order valence-electron chi connectivity index (χ2n) is 7.74. The van der Waals surface area contributed by atoms with E-state index in [1.165, 1.54) is 0 Å². The fourth-order valence-electron chi connectivity index (χ4n) is 3.84. The third-order valence-electron chi connectivity index (χ3n) is 5.36. The molecule has 2 aromatic carbocycles. The van der Waals surface area contributed by atoms with E-state index in [2.05, 4.69) is 40.3 Å². The lowest BCUT2D eigenvalue weighted by Crippen LogP contribution is -2.21. The zero-order valence-corrected chi connectivity index (χ0v) is 17.8. The third kappa shape index (κ3) is 3.58. The van der Waals surface area contributed by atoms with E-state index in [1.54, 1.807) is 7.11 Å². The largest absolute Gasteiger partial charge is 0.496 e. The Hall–Kier alpha value is -3.50. The highest BCUT2D eigenvalue weighted by Crippen LogP contribution is 2.32. The van der Waals surface area contributed by atoms with Crippen molar-refractivity contribution in [2.24, 2.45) is 0 Å². The lowest BCUT2D eigenvalue weighted by atomic mass is 10.0. The summed E-state index contributed by atoms with van der Waals surface area (Å²) in [5, 5.41) is 19.9. The van der Waals surface area contributed by atoms with E-state index in [9.17, 15) is 5.26 Å². The molecule has 4 rings (SSSR count). The van der Waals surface area contributed by atoms with Crippen molar-refractivity contribution >= 4 is 27.5 Å². The number of methoxy groups -OCH3 is 1. The monoisotopic (exact) mass is 402 g/mol. The summed E-state index contributed by atoms with van der Waals surface area (Å²) in [7, 11) is 5.75. The Labute approximate surface area is 175 Å². The minimum atomic E-state index is 0.575. The number of likely N-dealkylation sites (N-methyl/N-ethyl adjacent to an activating group) is 1. The molecule has 2 aromatic heterocycles. The Morgan fingerprint density at radius 2 is 2.13 bits per heavy atom. The van der Waals surface area contributed by atoms with Gasteiger partial charge in [0.15, 0.2) is 0 Å². The van der Waals surface area contributed by atoms with Crippen molar-refractivity contribution in [3.8, 4) is 11.8 Å². The van der Waals surface area contributed by atoms with Gasteiger partial charge in [-0.25, -0.2) is 0 Å². The standard InChI is InChI=1S/C23H26N6O/c1-15-11-20(30-4)19(18-7-8-25-21(15)18)14-29-13-17-6-5-16(12-24)22(23(17)27-29)26-9-10-28(2)3/h5-8,11,13,25-26H,9-10,14H2,1-4H3. The summed E-state index contributed by atoms with van der Waals surface area (Å²) in [6.45, 7) is 4.26. The Kier molecular flexibility index (Phi) is 5.34. The molecule has 0 fully saturated rings. The first kappa shape index (κ1) is 19.8. The molecule has 0 aliphatic carbocycles. The average molecular weight is 403 g/mol. The van der Waals surface area contributed by atoms with Crippen LogP contribution in [0.5, 0.6) is 5.75 Å². The van der Waals surface area contributed by atoms with Crippen molar-refractivity contribution in [3.05, 3.63) is 53.3 Å². The molecule has 0 aliphatic rings. The molecule has 2 N–H and O–H groups in total. The average Bonchev–Trinajstić information content (AvgIpc) is 3.37. The molecule has 7 nitrogen and oxygen atoms in total. The topological polar surface area (TPSA) is 81.9 Å². The van der Waals surface area contributed by atoms with Gasteiger partial charge in [0, 0.05) is 47.3 Å². The van der Waals surface area contributed by atoms with Crippen LogP contribution in [0.25, 0.3) is 21.8 Å². The van der Waals surface area contributed by atoms with Crippen molar-refractivity contribution in [2.75, 3.05) is 39.6 Å². The molecule has 0 saturated heterocycles. The number of anilines is 1. The number of hydrogen-bond donors (Lipinski definition) is 2. The normalized spacial score (nSPS) is 11.3. The summed E-state index contributed by atoms with van der Waals surface area (Å²) in [6, 6.07) is 10.2. The van der Waals surface area contributed by atoms with Crippen LogP contribution in [0.15, 0.2) is 36.7 Å². The van der Waals surface area contributed by atoms with Crippen LogP contribution in [0.3, 0.4) is 0 Å². The zero-order valence-electron chi connectivity index (χ0n) is 17.8. The highest BCUT2D eigenvalue weighted by Gasteiger charge is 2.15. The minimum Gasteiger partial charge on any atom is -0.496 e. The number of aromatic amines is 1. The molecule has 7 heteroatoms. The van der Waals surface area contributed by atoms with Gasteiger partial charge in [-0.1, -0.05) is 0 Å². The number of ether oxygens (including phenoxy) is 1. The first-order valence-corrected chi connectivity index (χ1v) is 9.94. The zero-order chi connectivity index (χ0) is 21.3. The van der Waals surface area contributed by atoms with E-state index < -0.39 is 0 Å². The molecule has 0 spiro atoms. The number of H-pyrrole nitrogens is 1. The Bertz CT molecular complexity index is 1240. The highest BCUT2D eigenvalue weighted by molar-refractivity contribution is 5.93. The molecule has 0 saturated carbocycles. The van der Waals surface area contributed by atoms with Crippen molar-refractivity contribution in [1.29, 1.82) is 5.26 Å². The van der Waals surface area contributed by atoms with E-state index in [4.69, 9.17) is 9.84 Å². The maximum atomic E-state index is 9.56. The van der Waals surface area contributed by atoms with Crippen LogP contribution in [0.4, 0.5) is 5.69 Å². The Morgan fingerprint density at radius 3 is 2.87 bits per heavy atom. The van der Waals surface area contributed by atoms with Crippen LogP contribution in [-0.2, 0) is 6.54 Å². The Balaban J connectivity index is 1.75. The van der Waals surface area contributed by atoms with E-state index in [0.717, 1.165) is 57.5 Å². The van der Waals surface area contributed by atoms with Crippen molar-refractivity contribution in [2.45, 2.75) is 13.5 Å². The predicted molar refractivity (Wildman–Crippen MR) is 120 cm³/mol. The summed E-state index contributed by atoms with van der Waals surface area (Å²) in [6.07, 6.45) is 3.97. The van der Waals surface area contributed by atoms with Crippen LogP contribution >= 0.6 is 0 Å². The van der Waals surface area contributed by atoms with Gasteiger partial charge in [0.2, 0.25) is 0 Å². The lowest BCUT2D eigenvalue weighted by molar-refractivity contribution is 0.408. The molecule has 0 amide bonds. The maximum Gasteiger partial charge on any atom is 0.124 e. The molecule has 0 unspecified atom stereocenters. The van der Waals surface area contributed by atoms with Gasteiger partial charge in [-0.15, -0.1) is 0 Å². The third-order valence-corrected chi connectivity index (χ3v) is 5.36. The van der Waals surface area contributed by atoms with Gasteiger partial charge < -0.3 is 19.9 Å². The smallest absolute Gasteiger partial charge is 0.124 e. The number of aromatic nitrogens is 3. The van der Waals surface area contributed by atoms with Gasteiger partial charge >= 0.3 is 0 Å². The summed E-state index contributed by atoms with van der Waals surface area (Å²) >= 11 is 0. The summed E-state index contributed by atoms with van der Waals surface area (Å²) < 4.78 is 7.59. The van der Waals surface area contributed by atoms with Gasteiger partial charge in [-0.3, -0.25) is 4.68 Å². The lowest BCUT2D eigenvalue weighted by Gasteiger charge is -2.13. The van der Waals surface area contributed by atoms with Crippen LogP contribution in [0.1, 0.15) is 16.7 Å². The fraction of sp³-hybridized carbons (Fsp3) is 0.304. The first-order chi connectivity index (χ1) is 14.5. The minimum absolute atomic E-state index is 0.575. The number of rotatable bonds is 7. The SMILES string of the molecule is COc1cc(C)c2[nH]ccc2c1Cn1cc2ccc(C#N)c(NCCN(C)C)c2n1. The van der Waals surface area contributed by atoms with E-state index in [0.29, 0.717) is 12.1 Å². The van der Waals surface area contributed by atoms with Gasteiger partial charge in [-0.05, 0) is 50.8 Å². The van der Waals surface area contributed by atoms with Crippen molar-refractivity contribution in [3.63, 3.8) is 0 Å². The maximum absolute atomic E-state index is 9.56. The molecule has 4 aromatic rings. The first-order valence-electron chi connectivity index (χ1n) is 9.94. The molecule has 0 atom stereocenters. The number of nitriles is 1. The molecule has 0 radical (unpaired) electrons. The van der Waals surface area contributed by atoms with E-state index in [1.807, 2.05) is 43.3 Å². The molecule has 30 heavy (non-hydrogen) atoms. The molecule has 0 aliphatic heterocycles. The molecule has 0 bridgehead atoms. The molecular weight excluding hydrogens is 376 g/mol. The van der Waals surface area contributed by atoms with Gasteiger partial charge in [0.05, 0.1) is 24.9 Å². The highest BCUT2D eigenvalue weighted by atomic mass is 16.5. The molecule has 2 heterocycles. The fourth-order valence-corrected chi connectivity index (χ4v) is 3.84. The van der Waals surface area contributed by atoms with Gasteiger partial charge in [-0.2, -0.15) is 10.4 Å². The van der Waals surface area contributed by atoms with Crippen LogP contribution in [0, 0.1) is 18.3 Å². The molecular formula is C23H26N6O. The molecule has 154 valence electrons. The van der Waals surface area contributed by atoms with Crippen LogP contribution in [-0.4, -0.2) is 54.0 Å². The van der Waals surface area contributed by atoms with Crippen molar-refractivity contribution in [1.82, 2.24) is 19.7 Å². The van der Waals surface area contributed by atoms with E-state index in [-0.39, 0.29) is 0 Å². The van der Waals surface area contributed by atoms with Gasteiger partial charge in [0.1, 0.15) is 17.3 Å². The summed E-state index contributed by atoms with van der Waals surface area (Å²) in [5.41, 5.74) is 5.54. The number of fused-ring (bicyclic) bond motifs is 2. The number of nitrogens with one attached hydrogen (secondary N) is 2. The number of hydrogen-bond acceptors (Lipinski definition) is 5. The van der Waals surface area contributed by atoms with Gasteiger partial charge in [0.25, 0.3) is 0 Å². The number of benzene rings is 2. The quantitative estimate of drug-likeness (QED) is 0.492. The van der Waals surface area contributed by atoms with Crippen molar-refractivity contribution < 1.29 is 4.74 Å². The second kappa shape index (κ2) is 8.09. The Morgan fingerprint density at radius 1 is 1.30 bits per heavy atom. The second-order valence-corrected chi connectivity index (χ2v) is 7.74.